The molecule has 0 saturated carbocycles. The van der Waals surface area contributed by atoms with Crippen molar-refractivity contribution < 1.29 is 17.9 Å². The van der Waals surface area contributed by atoms with Gasteiger partial charge in [0.15, 0.2) is 0 Å². The first-order valence-corrected chi connectivity index (χ1v) is 11.2. The highest BCUT2D eigenvalue weighted by Crippen LogP contribution is 2.24. The molecule has 1 amide bonds. The number of nitrogens with one attached hydrogen (secondary N) is 1. The summed E-state index contributed by atoms with van der Waals surface area (Å²) in [6.45, 7) is 2.46. The van der Waals surface area contributed by atoms with E-state index in [0.29, 0.717) is 19.4 Å². The topological polar surface area (TPSA) is 88.6 Å². The van der Waals surface area contributed by atoms with Crippen molar-refractivity contribution in [2.45, 2.75) is 31.8 Å². The van der Waals surface area contributed by atoms with E-state index in [4.69, 9.17) is 9.72 Å². The maximum Gasteiger partial charge on any atom is 0.410 e. The Bertz CT molecular complexity index is 918. The van der Waals surface area contributed by atoms with Gasteiger partial charge in [-0.1, -0.05) is 36.4 Å². The third-order valence-electron chi connectivity index (χ3n) is 4.71. The number of rotatable bonds is 6. The van der Waals surface area contributed by atoms with Crippen LogP contribution < -0.4 is 4.72 Å². The van der Waals surface area contributed by atoms with E-state index >= 15 is 0 Å². The van der Waals surface area contributed by atoms with Crippen LogP contribution in [0.5, 0.6) is 0 Å². The molecule has 0 radical (unpaired) electrons. The standard InChI is InChI=1S/C20H25N3O4S/c1-3-27-20(24)23-13-12-18(22-28(2,25)26)19(23)14-16-10-7-11-17(21-16)15-8-5-4-6-9-15/h4-11,18-19,22H,3,12-14H2,1-2H3. The Hall–Kier alpha value is -2.45. The highest BCUT2D eigenvalue weighted by Gasteiger charge is 2.39. The lowest BCUT2D eigenvalue weighted by atomic mass is 10.0. The first-order chi connectivity index (χ1) is 13.4. The van der Waals surface area contributed by atoms with E-state index in [-0.39, 0.29) is 18.7 Å². The average molecular weight is 404 g/mol. The Morgan fingerprint density at radius 2 is 1.96 bits per heavy atom. The number of ether oxygens (including phenoxy) is 1. The lowest BCUT2D eigenvalue weighted by Crippen LogP contribution is -2.47. The van der Waals surface area contributed by atoms with Crippen molar-refractivity contribution in [3.63, 3.8) is 0 Å². The zero-order chi connectivity index (χ0) is 20.1. The lowest BCUT2D eigenvalue weighted by Gasteiger charge is -2.27. The van der Waals surface area contributed by atoms with Gasteiger partial charge in [-0.2, -0.15) is 0 Å². The van der Waals surface area contributed by atoms with E-state index in [2.05, 4.69) is 4.72 Å². The number of carbonyl (C=O) groups excluding carboxylic acids is 1. The summed E-state index contributed by atoms with van der Waals surface area (Å²) in [6, 6.07) is 14.9. The van der Waals surface area contributed by atoms with Crippen LogP contribution in [-0.4, -0.2) is 55.9 Å². The summed E-state index contributed by atoms with van der Waals surface area (Å²) in [6.07, 6.45) is 1.68. The Labute approximate surface area is 165 Å². The number of amides is 1. The quantitative estimate of drug-likeness (QED) is 0.800. The molecule has 1 fully saturated rings. The van der Waals surface area contributed by atoms with Gasteiger partial charge in [-0.25, -0.2) is 17.9 Å². The van der Waals surface area contributed by atoms with Crippen LogP contribution in [0.2, 0.25) is 0 Å². The molecular formula is C20H25N3O4S. The molecule has 1 aromatic heterocycles. The van der Waals surface area contributed by atoms with E-state index in [1.54, 1.807) is 11.8 Å². The maximum atomic E-state index is 12.4. The molecule has 1 aliphatic rings. The Balaban J connectivity index is 1.85. The second-order valence-electron chi connectivity index (χ2n) is 6.83. The van der Waals surface area contributed by atoms with Gasteiger partial charge < -0.3 is 9.64 Å². The van der Waals surface area contributed by atoms with Gasteiger partial charge in [0.1, 0.15) is 0 Å². The van der Waals surface area contributed by atoms with Gasteiger partial charge in [-0.3, -0.25) is 4.98 Å². The van der Waals surface area contributed by atoms with Crippen LogP contribution in [-0.2, 0) is 21.2 Å². The number of benzene rings is 1. The van der Waals surface area contributed by atoms with Crippen LogP contribution in [0.3, 0.4) is 0 Å². The highest BCUT2D eigenvalue weighted by atomic mass is 32.2. The van der Waals surface area contributed by atoms with Gasteiger partial charge in [-0.05, 0) is 25.5 Å². The Kier molecular flexibility index (Phi) is 6.31. The van der Waals surface area contributed by atoms with Crippen LogP contribution in [0.15, 0.2) is 48.5 Å². The predicted molar refractivity (Wildman–Crippen MR) is 107 cm³/mol. The van der Waals surface area contributed by atoms with Crippen molar-refractivity contribution in [1.82, 2.24) is 14.6 Å². The molecule has 8 heteroatoms. The van der Waals surface area contributed by atoms with E-state index < -0.39 is 16.1 Å². The monoisotopic (exact) mass is 403 g/mol. The van der Waals surface area contributed by atoms with E-state index in [9.17, 15) is 13.2 Å². The first kappa shape index (κ1) is 20.3. The maximum absolute atomic E-state index is 12.4. The summed E-state index contributed by atoms with van der Waals surface area (Å²) in [4.78, 5) is 18.7. The largest absolute Gasteiger partial charge is 0.450 e. The molecule has 28 heavy (non-hydrogen) atoms. The van der Waals surface area contributed by atoms with Crippen molar-refractivity contribution in [3.8, 4) is 11.3 Å². The molecule has 3 rings (SSSR count). The molecular weight excluding hydrogens is 378 g/mol. The van der Waals surface area contributed by atoms with Crippen LogP contribution in [0.25, 0.3) is 11.3 Å². The smallest absolute Gasteiger partial charge is 0.410 e. The molecule has 1 aliphatic heterocycles. The molecule has 0 spiro atoms. The van der Waals surface area contributed by atoms with Crippen molar-refractivity contribution in [1.29, 1.82) is 0 Å². The zero-order valence-corrected chi connectivity index (χ0v) is 16.9. The molecule has 2 heterocycles. The van der Waals surface area contributed by atoms with E-state index in [1.807, 2.05) is 48.5 Å². The van der Waals surface area contributed by atoms with E-state index in [1.165, 1.54) is 0 Å². The third-order valence-corrected chi connectivity index (χ3v) is 5.44. The number of hydrogen-bond donors (Lipinski definition) is 1. The summed E-state index contributed by atoms with van der Waals surface area (Å²) >= 11 is 0. The second-order valence-corrected chi connectivity index (χ2v) is 8.61. The van der Waals surface area contributed by atoms with Crippen LogP contribution in [0.4, 0.5) is 4.79 Å². The first-order valence-electron chi connectivity index (χ1n) is 9.29. The van der Waals surface area contributed by atoms with Gasteiger partial charge in [0.2, 0.25) is 10.0 Å². The minimum atomic E-state index is -3.39. The van der Waals surface area contributed by atoms with Gasteiger partial charge in [-0.15, -0.1) is 0 Å². The SMILES string of the molecule is CCOC(=O)N1CCC(NS(C)(=O)=O)C1Cc1cccc(-c2ccccc2)n1. The minimum absolute atomic E-state index is 0.272. The van der Waals surface area contributed by atoms with E-state index in [0.717, 1.165) is 23.2 Å². The summed E-state index contributed by atoms with van der Waals surface area (Å²) in [5.41, 5.74) is 2.64. The Morgan fingerprint density at radius 1 is 1.21 bits per heavy atom. The van der Waals surface area contributed by atoms with Gasteiger partial charge in [0.05, 0.1) is 24.6 Å². The lowest BCUT2D eigenvalue weighted by molar-refractivity contribution is 0.101. The van der Waals surface area contributed by atoms with Crippen LogP contribution in [0.1, 0.15) is 19.0 Å². The molecule has 2 unspecified atom stereocenters. The molecule has 7 nitrogen and oxygen atoms in total. The zero-order valence-electron chi connectivity index (χ0n) is 16.0. The molecule has 2 atom stereocenters. The number of carbonyl (C=O) groups is 1. The molecule has 2 aromatic rings. The van der Waals surface area contributed by atoms with Gasteiger partial charge in [0.25, 0.3) is 0 Å². The molecule has 1 saturated heterocycles. The molecule has 1 aromatic carbocycles. The Morgan fingerprint density at radius 3 is 2.64 bits per heavy atom. The number of likely N-dealkylation sites (tertiary alicyclic amines) is 1. The highest BCUT2D eigenvalue weighted by molar-refractivity contribution is 7.88. The fraction of sp³-hybridized carbons (Fsp3) is 0.400. The number of sulfonamides is 1. The summed E-state index contributed by atoms with van der Waals surface area (Å²) in [5, 5.41) is 0. The number of pyridine rings is 1. The van der Waals surface area contributed by atoms with Crippen LogP contribution in [0, 0.1) is 0 Å². The number of hydrogen-bond acceptors (Lipinski definition) is 5. The summed E-state index contributed by atoms with van der Waals surface area (Å²) < 4.78 is 31.3. The molecule has 150 valence electrons. The second kappa shape index (κ2) is 8.70. The van der Waals surface area contributed by atoms with Gasteiger partial charge >= 0.3 is 6.09 Å². The van der Waals surface area contributed by atoms with Gasteiger partial charge in [0, 0.05) is 30.3 Å². The third kappa shape index (κ3) is 5.08. The van der Waals surface area contributed by atoms with Crippen molar-refractivity contribution in [3.05, 3.63) is 54.2 Å². The predicted octanol–water partition coefficient (Wildman–Crippen LogP) is 2.44. The average Bonchev–Trinajstić information content (AvgIpc) is 3.03. The fourth-order valence-electron chi connectivity index (χ4n) is 3.53. The molecule has 1 N–H and O–H groups in total. The van der Waals surface area contributed by atoms with Crippen molar-refractivity contribution >= 4 is 16.1 Å². The minimum Gasteiger partial charge on any atom is -0.450 e. The number of aromatic nitrogens is 1. The normalized spacial score (nSPS) is 19.6. The van der Waals surface area contributed by atoms with Crippen molar-refractivity contribution in [2.24, 2.45) is 0 Å². The summed E-state index contributed by atoms with van der Waals surface area (Å²) in [7, 11) is -3.39. The van der Waals surface area contributed by atoms with Crippen LogP contribution >= 0.6 is 0 Å². The number of nitrogens with zero attached hydrogens (tertiary/aromatic N) is 2. The fourth-order valence-corrected chi connectivity index (χ4v) is 4.35. The summed E-state index contributed by atoms with van der Waals surface area (Å²) in [5.74, 6) is 0. The molecule has 0 bridgehead atoms. The molecule has 0 aliphatic carbocycles. The van der Waals surface area contributed by atoms with Crippen molar-refractivity contribution in [2.75, 3.05) is 19.4 Å².